The summed E-state index contributed by atoms with van der Waals surface area (Å²) in [7, 11) is -1.67. The van der Waals surface area contributed by atoms with Crippen molar-refractivity contribution < 1.29 is 4.43 Å². The van der Waals surface area contributed by atoms with Crippen LogP contribution in [0.25, 0.3) is 0 Å². The van der Waals surface area contributed by atoms with Crippen molar-refractivity contribution in [3.05, 3.63) is 0 Å². The van der Waals surface area contributed by atoms with Gasteiger partial charge in [0.05, 0.1) is 12.7 Å². The van der Waals surface area contributed by atoms with Gasteiger partial charge in [-0.25, -0.2) is 0 Å². The van der Waals surface area contributed by atoms with Crippen molar-refractivity contribution >= 4 is 22.5 Å². The van der Waals surface area contributed by atoms with E-state index in [1.165, 1.54) is 18.9 Å². The molecule has 1 N–H and O–H groups in total. The summed E-state index contributed by atoms with van der Waals surface area (Å²) in [5.74, 6) is 0. The van der Waals surface area contributed by atoms with Crippen LogP contribution in [0, 0.1) is 0 Å². The molecule has 1 saturated heterocycles. The molecule has 0 aliphatic carbocycles. The first kappa shape index (κ1) is 16.6. The quantitative estimate of drug-likeness (QED) is 0.633. The van der Waals surface area contributed by atoms with Crippen LogP contribution in [0.3, 0.4) is 0 Å². The minimum absolute atomic E-state index is 0.171. The van der Waals surface area contributed by atoms with Crippen molar-refractivity contribution in [3.63, 3.8) is 0 Å². The van der Waals surface area contributed by atoms with Crippen molar-refractivity contribution in [1.29, 1.82) is 0 Å². The lowest BCUT2D eigenvalue weighted by Crippen LogP contribution is -2.78. The van der Waals surface area contributed by atoms with Gasteiger partial charge in [-0.05, 0) is 52.5 Å². The van der Waals surface area contributed by atoms with E-state index in [1.54, 1.807) is 0 Å². The Bertz CT molecular complexity index is 283. The van der Waals surface area contributed by atoms with Gasteiger partial charge < -0.3 is 9.74 Å². The molecule has 1 aliphatic heterocycles. The average Bonchev–Trinajstić information content (AvgIpc) is 2.13. The van der Waals surface area contributed by atoms with Crippen LogP contribution in [-0.2, 0) is 4.43 Å². The van der Waals surface area contributed by atoms with Crippen LogP contribution < -0.4 is 5.32 Å². The van der Waals surface area contributed by atoms with Gasteiger partial charge in [-0.1, -0.05) is 26.2 Å². The molecular weight excluding hydrogens is 270 g/mol. The summed E-state index contributed by atoms with van der Waals surface area (Å²) in [5.41, 5.74) is 0.171. The van der Waals surface area contributed by atoms with E-state index >= 15 is 0 Å². The maximum atomic E-state index is 6.77. The number of hydrogen-bond donors (Lipinski definition) is 1. The summed E-state index contributed by atoms with van der Waals surface area (Å²) >= 11 is 0. The van der Waals surface area contributed by atoms with E-state index in [4.69, 9.17) is 4.43 Å². The molecule has 0 bridgehead atoms. The van der Waals surface area contributed by atoms with E-state index in [1.807, 2.05) is 7.05 Å². The van der Waals surface area contributed by atoms with Crippen LogP contribution >= 0.6 is 0 Å². The normalized spacial score (nSPS) is 33.3. The Morgan fingerprint density at radius 1 is 1.11 bits per heavy atom. The largest absolute Gasteiger partial charge is 0.415 e. The summed E-state index contributed by atoms with van der Waals surface area (Å²) in [4.78, 5) is 0. The highest BCUT2D eigenvalue weighted by Gasteiger charge is 2.61. The predicted molar refractivity (Wildman–Crippen MR) is 89.9 cm³/mol. The second-order valence-corrected chi connectivity index (χ2v) is 35.2. The Morgan fingerprint density at radius 3 is 2.11 bits per heavy atom. The highest BCUT2D eigenvalue weighted by atomic mass is 29.6. The van der Waals surface area contributed by atoms with Crippen LogP contribution in [0.5, 0.6) is 0 Å². The zero-order chi connectivity index (χ0) is 14.2. The van der Waals surface area contributed by atoms with E-state index < -0.39 is 22.5 Å². The molecule has 108 valence electrons. The third kappa shape index (κ3) is 3.00. The topological polar surface area (TPSA) is 21.3 Å². The van der Waals surface area contributed by atoms with Crippen molar-refractivity contribution in [2.24, 2.45) is 0 Å². The summed E-state index contributed by atoms with van der Waals surface area (Å²) in [6, 6.07) is 1.37. The lowest BCUT2D eigenvalue weighted by Gasteiger charge is -2.58. The molecule has 0 aromatic heterocycles. The number of hydrogen-bond acceptors (Lipinski definition) is 2. The van der Waals surface area contributed by atoms with Gasteiger partial charge in [0.1, 0.15) is 0 Å². The number of rotatable bonds is 4. The zero-order valence-electron chi connectivity index (χ0n) is 13.7. The van der Waals surface area contributed by atoms with Gasteiger partial charge in [0, 0.05) is 7.59 Å². The van der Waals surface area contributed by atoms with Gasteiger partial charge >= 0.3 is 0 Å². The van der Waals surface area contributed by atoms with Gasteiger partial charge in [-0.3, -0.25) is 0 Å². The first-order chi connectivity index (χ1) is 7.97. The zero-order valence-corrected chi connectivity index (χ0v) is 16.7. The highest BCUT2D eigenvalue weighted by molar-refractivity contribution is 7.67. The SMILES string of the molecule is CNCCCC1(C)C[Si](C)(C)[Si](C)(C)[Si](C)(C)O1. The fourth-order valence-corrected chi connectivity index (χ4v) is 34.3. The molecule has 1 atom stereocenters. The Balaban J connectivity index is 2.89. The predicted octanol–water partition coefficient (Wildman–Crippen LogP) is 3.55. The minimum Gasteiger partial charge on any atom is -0.415 e. The molecule has 0 aromatic rings. The molecule has 0 amide bonds. The first-order valence-electron chi connectivity index (χ1n) is 7.32. The maximum absolute atomic E-state index is 6.77. The Labute approximate surface area is 117 Å². The molecule has 0 radical (unpaired) electrons. The van der Waals surface area contributed by atoms with Gasteiger partial charge in [-0.2, -0.15) is 0 Å². The molecule has 1 rings (SSSR count). The van der Waals surface area contributed by atoms with Crippen LogP contribution in [-0.4, -0.2) is 41.7 Å². The van der Waals surface area contributed by atoms with Crippen LogP contribution in [0.2, 0.25) is 45.3 Å². The smallest absolute Gasteiger partial charge is 0.172 e. The number of nitrogens with one attached hydrogen (secondary N) is 1. The van der Waals surface area contributed by atoms with Gasteiger partial charge in [0.25, 0.3) is 0 Å². The van der Waals surface area contributed by atoms with Crippen LogP contribution in [0.4, 0.5) is 0 Å². The Hall–Kier alpha value is 0.571. The second-order valence-electron chi connectivity index (χ2n) is 7.96. The minimum atomic E-state index is -1.47. The van der Waals surface area contributed by atoms with Gasteiger partial charge in [0.15, 0.2) is 7.83 Å². The van der Waals surface area contributed by atoms with Crippen LogP contribution in [0.15, 0.2) is 0 Å². The third-order valence-electron chi connectivity index (χ3n) is 5.65. The third-order valence-corrected chi connectivity index (χ3v) is 46.2. The van der Waals surface area contributed by atoms with Crippen LogP contribution in [0.1, 0.15) is 19.8 Å². The molecule has 1 unspecified atom stereocenters. The maximum Gasteiger partial charge on any atom is 0.172 e. The first-order valence-corrected chi connectivity index (χ1v) is 18.4. The molecule has 0 saturated carbocycles. The Morgan fingerprint density at radius 2 is 1.67 bits per heavy atom. The molecule has 0 spiro atoms. The lowest BCUT2D eigenvalue weighted by molar-refractivity contribution is 0.0888. The van der Waals surface area contributed by atoms with Crippen molar-refractivity contribution in [3.8, 4) is 0 Å². The summed E-state index contributed by atoms with van der Waals surface area (Å²) in [6.45, 7) is 19.0. The molecule has 2 nitrogen and oxygen atoms in total. The average molecular weight is 304 g/mol. The molecule has 0 aromatic carbocycles. The van der Waals surface area contributed by atoms with Crippen molar-refractivity contribution in [2.75, 3.05) is 13.6 Å². The van der Waals surface area contributed by atoms with E-state index in [9.17, 15) is 0 Å². The molecule has 18 heavy (non-hydrogen) atoms. The molecule has 1 heterocycles. The van der Waals surface area contributed by atoms with E-state index in [2.05, 4.69) is 51.5 Å². The van der Waals surface area contributed by atoms with Crippen molar-refractivity contribution in [1.82, 2.24) is 5.32 Å². The fraction of sp³-hybridized carbons (Fsp3) is 1.00. The fourth-order valence-electron chi connectivity index (χ4n) is 3.53. The molecular formula is C13H33NOSi3. The highest BCUT2D eigenvalue weighted by Crippen LogP contribution is 2.45. The van der Waals surface area contributed by atoms with E-state index in [-0.39, 0.29) is 5.60 Å². The molecule has 5 heteroatoms. The summed E-state index contributed by atoms with van der Waals surface area (Å²) in [5, 5.41) is 3.26. The summed E-state index contributed by atoms with van der Waals surface area (Å²) in [6.07, 6.45) is 2.47. The Kier molecular flexibility index (Phi) is 4.77. The lowest BCUT2D eigenvalue weighted by atomic mass is 10.0. The second kappa shape index (κ2) is 5.16. The summed E-state index contributed by atoms with van der Waals surface area (Å²) < 4.78 is 6.77. The van der Waals surface area contributed by atoms with E-state index in [0.717, 1.165) is 6.54 Å². The van der Waals surface area contributed by atoms with Crippen molar-refractivity contribution in [2.45, 2.75) is 70.7 Å². The van der Waals surface area contributed by atoms with Gasteiger partial charge in [0.2, 0.25) is 0 Å². The standard InChI is InChI=1S/C13H33NOSi3/c1-13(10-9-11-14-2)12-16(3,4)18(7,8)17(5,6)15-13/h14H,9-12H2,1-8H3. The van der Waals surface area contributed by atoms with E-state index in [0.29, 0.717) is 0 Å². The monoisotopic (exact) mass is 303 g/mol. The molecule has 1 fully saturated rings. The van der Waals surface area contributed by atoms with Gasteiger partial charge in [-0.15, -0.1) is 0 Å². The molecule has 1 aliphatic rings.